The first-order valence-corrected chi connectivity index (χ1v) is 5.00. The normalized spacial score (nSPS) is 10.7. The third kappa shape index (κ3) is 1.50. The molecule has 0 bridgehead atoms. The molecule has 2 aromatic rings. The molecular formula is C9H9FN2OS. The predicted molar refractivity (Wildman–Crippen MR) is 55.2 cm³/mol. The van der Waals surface area contributed by atoms with Crippen LogP contribution in [0.3, 0.4) is 0 Å². The third-order valence-electron chi connectivity index (χ3n) is 1.76. The summed E-state index contributed by atoms with van der Waals surface area (Å²) in [6.07, 6.45) is 0. The molecule has 0 atom stereocenters. The van der Waals surface area contributed by atoms with Gasteiger partial charge in [-0.25, -0.2) is 9.37 Å². The van der Waals surface area contributed by atoms with Crippen molar-refractivity contribution in [2.24, 2.45) is 0 Å². The molecule has 0 saturated carbocycles. The number of rotatable bonds is 2. The van der Waals surface area contributed by atoms with E-state index in [-0.39, 0.29) is 5.75 Å². The molecule has 3 nitrogen and oxygen atoms in total. The van der Waals surface area contributed by atoms with Crippen LogP contribution in [0.2, 0.25) is 0 Å². The van der Waals surface area contributed by atoms with Crippen molar-refractivity contribution in [1.82, 2.24) is 4.98 Å². The first kappa shape index (κ1) is 9.21. The Bertz CT molecular complexity index is 469. The van der Waals surface area contributed by atoms with Crippen LogP contribution < -0.4 is 10.5 Å². The number of benzene rings is 1. The number of hydrogen-bond acceptors (Lipinski definition) is 4. The SMILES string of the molecule is CCOc1cc2sc(N)nc2cc1F. The minimum absolute atomic E-state index is 0.253. The number of ether oxygens (including phenoxy) is 1. The smallest absolute Gasteiger partial charge is 0.181 e. The lowest BCUT2D eigenvalue weighted by Gasteiger charge is -2.03. The number of nitrogen functional groups attached to an aromatic ring is 1. The standard InChI is InChI=1S/C9H9FN2OS/c1-2-13-7-4-8-6(3-5(7)10)12-9(11)14-8/h3-4H,2H2,1H3,(H2,11,12). The van der Waals surface area contributed by atoms with Crippen LogP contribution in [0.25, 0.3) is 10.2 Å². The van der Waals surface area contributed by atoms with Crippen molar-refractivity contribution in [3.63, 3.8) is 0 Å². The van der Waals surface area contributed by atoms with E-state index in [0.29, 0.717) is 17.3 Å². The summed E-state index contributed by atoms with van der Waals surface area (Å²) < 4.78 is 19.3. The van der Waals surface area contributed by atoms with E-state index in [4.69, 9.17) is 10.5 Å². The van der Waals surface area contributed by atoms with Crippen LogP contribution in [0, 0.1) is 5.82 Å². The maximum Gasteiger partial charge on any atom is 0.181 e. The molecule has 0 saturated heterocycles. The molecule has 0 fully saturated rings. The average Bonchev–Trinajstić information content (AvgIpc) is 2.45. The van der Waals surface area contributed by atoms with Gasteiger partial charge in [-0.05, 0) is 6.92 Å². The topological polar surface area (TPSA) is 48.1 Å². The minimum Gasteiger partial charge on any atom is -0.491 e. The average molecular weight is 212 g/mol. The number of thiazole rings is 1. The molecule has 0 radical (unpaired) electrons. The second-order valence-electron chi connectivity index (χ2n) is 2.74. The number of hydrogen-bond donors (Lipinski definition) is 1. The van der Waals surface area contributed by atoms with E-state index in [0.717, 1.165) is 4.70 Å². The van der Waals surface area contributed by atoms with Crippen molar-refractivity contribution in [1.29, 1.82) is 0 Å². The van der Waals surface area contributed by atoms with E-state index in [1.54, 1.807) is 6.07 Å². The molecule has 14 heavy (non-hydrogen) atoms. The Morgan fingerprint density at radius 2 is 2.36 bits per heavy atom. The van der Waals surface area contributed by atoms with Gasteiger partial charge in [0.15, 0.2) is 16.7 Å². The number of nitrogens with two attached hydrogens (primary N) is 1. The summed E-state index contributed by atoms with van der Waals surface area (Å²) >= 11 is 1.32. The molecule has 1 aromatic heterocycles. The summed E-state index contributed by atoms with van der Waals surface area (Å²) in [4.78, 5) is 3.98. The van der Waals surface area contributed by atoms with Crippen LogP contribution in [0.4, 0.5) is 9.52 Å². The van der Waals surface area contributed by atoms with Crippen molar-refractivity contribution in [2.75, 3.05) is 12.3 Å². The number of nitrogens with zero attached hydrogens (tertiary/aromatic N) is 1. The van der Waals surface area contributed by atoms with Gasteiger partial charge < -0.3 is 10.5 Å². The van der Waals surface area contributed by atoms with Crippen LogP contribution >= 0.6 is 11.3 Å². The molecule has 0 aliphatic rings. The van der Waals surface area contributed by atoms with E-state index in [9.17, 15) is 4.39 Å². The maximum atomic E-state index is 13.3. The largest absolute Gasteiger partial charge is 0.491 e. The monoisotopic (exact) mass is 212 g/mol. The van der Waals surface area contributed by atoms with Gasteiger partial charge in [0.1, 0.15) is 0 Å². The van der Waals surface area contributed by atoms with E-state index in [1.807, 2.05) is 6.92 Å². The first-order valence-electron chi connectivity index (χ1n) is 4.19. The number of aromatic nitrogens is 1. The van der Waals surface area contributed by atoms with Gasteiger partial charge in [0.2, 0.25) is 0 Å². The quantitative estimate of drug-likeness (QED) is 0.831. The van der Waals surface area contributed by atoms with Crippen molar-refractivity contribution < 1.29 is 9.13 Å². The number of anilines is 1. The second kappa shape index (κ2) is 3.42. The van der Waals surface area contributed by atoms with Crippen LogP contribution in [0.1, 0.15) is 6.92 Å². The Kier molecular flexibility index (Phi) is 2.25. The molecule has 1 heterocycles. The maximum absolute atomic E-state index is 13.3. The summed E-state index contributed by atoms with van der Waals surface area (Å²) in [7, 11) is 0. The van der Waals surface area contributed by atoms with Crippen molar-refractivity contribution in [3.8, 4) is 5.75 Å². The Balaban J connectivity index is 2.58. The molecule has 1 aromatic carbocycles. The zero-order valence-corrected chi connectivity index (χ0v) is 8.40. The molecule has 0 aliphatic heterocycles. The molecule has 0 amide bonds. The van der Waals surface area contributed by atoms with Crippen LogP contribution in [-0.4, -0.2) is 11.6 Å². The highest BCUT2D eigenvalue weighted by Crippen LogP contribution is 2.29. The molecule has 0 aliphatic carbocycles. The van der Waals surface area contributed by atoms with Gasteiger partial charge in [0.05, 0.1) is 16.8 Å². The zero-order chi connectivity index (χ0) is 10.1. The predicted octanol–water partition coefficient (Wildman–Crippen LogP) is 2.42. The van der Waals surface area contributed by atoms with Crippen molar-refractivity contribution in [3.05, 3.63) is 17.9 Å². The lowest BCUT2D eigenvalue weighted by molar-refractivity contribution is 0.322. The Labute approximate surface area is 84.3 Å². The lowest BCUT2D eigenvalue weighted by Crippen LogP contribution is -1.93. The molecule has 0 unspecified atom stereocenters. The fourth-order valence-electron chi connectivity index (χ4n) is 1.21. The first-order chi connectivity index (χ1) is 6.70. The summed E-state index contributed by atoms with van der Waals surface area (Å²) in [6, 6.07) is 2.97. The Morgan fingerprint density at radius 3 is 3.07 bits per heavy atom. The van der Waals surface area contributed by atoms with E-state index in [2.05, 4.69) is 4.98 Å². The molecule has 2 rings (SSSR count). The Morgan fingerprint density at radius 1 is 1.57 bits per heavy atom. The highest BCUT2D eigenvalue weighted by atomic mass is 32.1. The van der Waals surface area contributed by atoms with Crippen molar-refractivity contribution in [2.45, 2.75) is 6.92 Å². The summed E-state index contributed by atoms with van der Waals surface area (Å²) in [5.74, 6) is -0.145. The molecular weight excluding hydrogens is 203 g/mol. The van der Waals surface area contributed by atoms with Gasteiger partial charge in [0, 0.05) is 12.1 Å². The van der Waals surface area contributed by atoms with Gasteiger partial charge in [-0.3, -0.25) is 0 Å². The molecule has 5 heteroatoms. The van der Waals surface area contributed by atoms with Crippen LogP contribution in [-0.2, 0) is 0 Å². The number of halogens is 1. The van der Waals surface area contributed by atoms with Crippen LogP contribution in [0.15, 0.2) is 12.1 Å². The summed E-state index contributed by atoms with van der Waals surface area (Å²) in [5.41, 5.74) is 6.09. The minimum atomic E-state index is -0.398. The van der Waals surface area contributed by atoms with Crippen LogP contribution in [0.5, 0.6) is 5.75 Å². The van der Waals surface area contributed by atoms with Gasteiger partial charge in [-0.1, -0.05) is 11.3 Å². The van der Waals surface area contributed by atoms with Gasteiger partial charge in [0.25, 0.3) is 0 Å². The van der Waals surface area contributed by atoms with Gasteiger partial charge in [-0.2, -0.15) is 0 Å². The van der Waals surface area contributed by atoms with Crippen molar-refractivity contribution >= 4 is 26.7 Å². The Hall–Kier alpha value is -1.36. The summed E-state index contributed by atoms with van der Waals surface area (Å²) in [5, 5.41) is 0.438. The van der Waals surface area contributed by atoms with Gasteiger partial charge in [-0.15, -0.1) is 0 Å². The summed E-state index contributed by atoms with van der Waals surface area (Å²) in [6.45, 7) is 2.25. The molecule has 2 N–H and O–H groups in total. The second-order valence-corrected chi connectivity index (χ2v) is 3.80. The highest BCUT2D eigenvalue weighted by Gasteiger charge is 2.08. The third-order valence-corrected chi connectivity index (χ3v) is 2.61. The molecule has 74 valence electrons. The lowest BCUT2D eigenvalue weighted by atomic mass is 10.3. The highest BCUT2D eigenvalue weighted by molar-refractivity contribution is 7.22. The number of fused-ring (bicyclic) bond motifs is 1. The van der Waals surface area contributed by atoms with Gasteiger partial charge >= 0.3 is 0 Å². The fraction of sp³-hybridized carbons (Fsp3) is 0.222. The molecule has 0 spiro atoms. The fourth-order valence-corrected chi connectivity index (χ4v) is 1.96. The zero-order valence-electron chi connectivity index (χ0n) is 7.58. The van der Waals surface area contributed by atoms with E-state index < -0.39 is 5.82 Å². The van der Waals surface area contributed by atoms with E-state index >= 15 is 0 Å². The van der Waals surface area contributed by atoms with E-state index in [1.165, 1.54) is 17.4 Å².